The number of rotatable bonds is 9. The summed E-state index contributed by atoms with van der Waals surface area (Å²) >= 11 is 0. The monoisotopic (exact) mass is 484 g/mol. The summed E-state index contributed by atoms with van der Waals surface area (Å²) in [4.78, 5) is 25.6. The smallest absolute Gasteiger partial charge is 0.304 e. The second-order valence-electron chi connectivity index (χ2n) is 7.51. The highest BCUT2D eigenvalue weighted by molar-refractivity contribution is 7.90. The summed E-state index contributed by atoms with van der Waals surface area (Å²) < 4.78 is 41.6. The highest BCUT2D eigenvalue weighted by Gasteiger charge is 2.29. The van der Waals surface area contributed by atoms with Gasteiger partial charge in [0.15, 0.2) is 0 Å². The average molecular weight is 485 g/mol. The minimum absolute atomic E-state index is 0.203. The lowest BCUT2D eigenvalue weighted by atomic mass is 10.1. The van der Waals surface area contributed by atoms with Gasteiger partial charge in [-0.1, -0.05) is 54.6 Å². The van der Waals surface area contributed by atoms with Crippen LogP contribution in [-0.2, 0) is 21.5 Å². The first-order valence-electron chi connectivity index (χ1n) is 10.4. The van der Waals surface area contributed by atoms with Crippen LogP contribution in [0.5, 0.6) is 0 Å². The lowest BCUT2D eigenvalue weighted by molar-refractivity contribution is -0.114. The van der Waals surface area contributed by atoms with Crippen LogP contribution in [0.1, 0.15) is 15.9 Å². The number of hydrogen-bond acceptors (Lipinski definition) is 4. The predicted octanol–water partition coefficient (Wildman–Crippen LogP) is 3.01. The Labute approximate surface area is 198 Å². The Balaban J connectivity index is 1.79. The normalized spacial score (nSPS) is 11.2. The van der Waals surface area contributed by atoms with Gasteiger partial charge in [0.25, 0.3) is 5.91 Å². The highest BCUT2D eigenvalue weighted by Crippen LogP contribution is 2.23. The number of halogens is 1. The number of nitrogens with zero attached hydrogens (tertiary/aromatic N) is 2. The van der Waals surface area contributed by atoms with Gasteiger partial charge in [-0.15, -0.1) is 0 Å². The topological polar surface area (TPSA) is 98.8 Å². The third-order valence-corrected chi connectivity index (χ3v) is 6.70. The first-order valence-corrected chi connectivity index (χ1v) is 11.8. The zero-order valence-corrected chi connectivity index (χ0v) is 19.5. The number of hydrogen-bond donors (Lipinski definition) is 2. The standard InChI is InChI=1S/C24H25FN4O4S/c1-28(2)34(32,33)29(22-15-9-7-13-20(22)25)17-23(30)27-21-14-8-6-12-19(21)24(31)26-16-18-10-4-3-5-11-18/h3-15H,16-17H2,1-2H3,(H,26,31)(H,27,30). The van der Waals surface area contributed by atoms with E-state index in [0.717, 1.165) is 15.9 Å². The molecule has 0 saturated heterocycles. The summed E-state index contributed by atoms with van der Waals surface area (Å²) in [7, 11) is -1.61. The Morgan fingerprint density at radius 1 is 0.882 bits per heavy atom. The fourth-order valence-electron chi connectivity index (χ4n) is 3.13. The summed E-state index contributed by atoms with van der Waals surface area (Å²) in [6.45, 7) is -0.397. The molecule has 34 heavy (non-hydrogen) atoms. The van der Waals surface area contributed by atoms with E-state index in [4.69, 9.17) is 0 Å². The van der Waals surface area contributed by atoms with E-state index in [1.54, 1.807) is 18.2 Å². The van der Waals surface area contributed by atoms with Crippen molar-refractivity contribution in [1.29, 1.82) is 0 Å². The van der Waals surface area contributed by atoms with Gasteiger partial charge in [0.1, 0.15) is 12.4 Å². The first-order chi connectivity index (χ1) is 16.2. The number of anilines is 2. The van der Waals surface area contributed by atoms with Crippen LogP contribution in [0, 0.1) is 5.82 Å². The van der Waals surface area contributed by atoms with Crippen LogP contribution < -0.4 is 14.9 Å². The zero-order chi connectivity index (χ0) is 24.7. The SMILES string of the molecule is CN(C)S(=O)(=O)N(CC(=O)Nc1ccccc1C(=O)NCc1ccccc1)c1ccccc1F. The summed E-state index contributed by atoms with van der Waals surface area (Å²) in [6.07, 6.45) is 0. The third-order valence-electron chi connectivity index (χ3n) is 4.89. The second kappa shape index (κ2) is 10.9. The molecule has 3 rings (SSSR count). The van der Waals surface area contributed by atoms with Crippen molar-refractivity contribution in [3.8, 4) is 0 Å². The maximum Gasteiger partial charge on any atom is 0.304 e. The molecule has 0 unspecified atom stereocenters. The van der Waals surface area contributed by atoms with E-state index in [0.29, 0.717) is 10.8 Å². The molecule has 0 spiro atoms. The summed E-state index contributed by atoms with van der Waals surface area (Å²) in [5.74, 6) is -1.94. The molecule has 0 aromatic heterocycles. The van der Waals surface area contributed by atoms with Crippen LogP contribution in [-0.4, -0.2) is 45.2 Å². The second-order valence-corrected chi connectivity index (χ2v) is 9.58. The fraction of sp³-hybridized carbons (Fsp3) is 0.167. The summed E-state index contributed by atoms with van der Waals surface area (Å²) in [5.41, 5.74) is 1.06. The number of amides is 2. The zero-order valence-electron chi connectivity index (χ0n) is 18.7. The summed E-state index contributed by atoms with van der Waals surface area (Å²) in [5, 5.41) is 5.36. The van der Waals surface area contributed by atoms with Crippen molar-refractivity contribution in [3.05, 3.63) is 95.8 Å². The number of carbonyl (C=O) groups excluding carboxylic acids is 2. The van der Waals surface area contributed by atoms with Crippen molar-refractivity contribution in [3.63, 3.8) is 0 Å². The maximum atomic E-state index is 14.4. The lowest BCUT2D eigenvalue weighted by Gasteiger charge is -2.27. The highest BCUT2D eigenvalue weighted by atomic mass is 32.2. The Morgan fingerprint density at radius 3 is 2.18 bits per heavy atom. The number of benzene rings is 3. The van der Waals surface area contributed by atoms with Gasteiger partial charge in [0.05, 0.1) is 16.9 Å². The molecule has 8 nitrogen and oxygen atoms in total. The Morgan fingerprint density at radius 2 is 1.50 bits per heavy atom. The van der Waals surface area contributed by atoms with Gasteiger partial charge in [0.2, 0.25) is 5.91 Å². The average Bonchev–Trinajstić information content (AvgIpc) is 2.82. The fourth-order valence-corrected chi connectivity index (χ4v) is 4.20. The molecule has 3 aromatic carbocycles. The molecule has 0 atom stereocenters. The molecule has 2 N–H and O–H groups in total. The first kappa shape index (κ1) is 24.9. The van der Waals surface area contributed by atoms with Gasteiger partial charge in [-0.25, -0.2) is 8.70 Å². The molecule has 0 aliphatic heterocycles. The van der Waals surface area contributed by atoms with Crippen molar-refractivity contribution in [2.24, 2.45) is 0 Å². The van der Waals surface area contributed by atoms with E-state index in [-0.39, 0.29) is 16.9 Å². The Hall–Kier alpha value is -3.76. The van der Waals surface area contributed by atoms with Crippen molar-refractivity contribution in [2.45, 2.75) is 6.54 Å². The molecule has 2 amide bonds. The molecular formula is C24H25FN4O4S. The van der Waals surface area contributed by atoms with Crippen LogP contribution in [0.25, 0.3) is 0 Å². The molecule has 0 heterocycles. The quantitative estimate of drug-likeness (QED) is 0.488. The minimum Gasteiger partial charge on any atom is -0.348 e. The van der Waals surface area contributed by atoms with E-state index in [1.807, 2.05) is 30.3 Å². The molecule has 0 aliphatic rings. The molecule has 178 valence electrons. The number of nitrogens with one attached hydrogen (secondary N) is 2. The van der Waals surface area contributed by atoms with Gasteiger partial charge < -0.3 is 10.6 Å². The largest absolute Gasteiger partial charge is 0.348 e. The molecule has 0 saturated carbocycles. The van der Waals surface area contributed by atoms with Gasteiger partial charge in [-0.2, -0.15) is 12.7 Å². The van der Waals surface area contributed by atoms with Crippen molar-refractivity contribution in [2.75, 3.05) is 30.3 Å². The van der Waals surface area contributed by atoms with Crippen LogP contribution >= 0.6 is 0 Å². The Bertz CT molecular complexity index is 1270. The summed E-state index contributed by atoms with van der Waals surface area (Å²) in [6, 6.07) is 21.0. The van der Waals surface area contributed by atoms with Crippen LogP contribution in [0.4, 0.5) is 15.8 Å². The molecule has 10 heteroatoms. The molecule has 0 aliphatic carbocycles. The predicted molar refractivity (Wildman–Crippen MR) is 129 cm³/mol. The van der Waals surface area contributed by atoms with E-state index >= 15 is 0 Å². The maximum absolute atomic E-state index is 14.4. The Kier molecular flexibility index (Phi) is 7.98. The van der Waals surface area contributed by atoms with Crippen LogP contribution in [0.15, 0.2) is 78.9 Å². The van der Waals surface area contributed by atoms with Crippen molar-refractivity contribution < 1.29 is 22.4 Å². The van der Waals surface area contributed by atoms with Gasteiger partial charge in [0, 0.05) is 20.6 Å². The van der Waals surface area contributed by atoms with Gasteiger partial charge in [-0.3, -0.25) is 9.59 Å². The minimum atomic E-state index is -4.18. The van der Waals surface area contributed by atoms with E-state index < -0.39 is 34.4 Å². The van der Waals surface area contributed by atoms with Crippen molar-refractivity contribution in [1.82, 2.24) is 9.62 Å². The molecule has 0 fully saturated rings. The van der Waals surface area contributed by atoms with Crippen molar-refractivity contribution >= 4 is 33.4 Å². The van der Waals surface area contributed by atoms with E-state index in [2.05, 4.69) is 10.6 Å². The van der Waals surface area contributed by atoms with Crippen LogP contribution in [0.3, 0.4) is 0 Å². The molecule has 0 bridgehead atoms. The van der Waals surface area contributed by atoms with E-state index in [1.165, 1.54) is 38.4 Å². The van der Waals surface area contributed by atoms with Gasteiger partial charge >= 0.3 is 10.2 Å². The third kappa shape index (κ3) is 5.97. The number of para-hydroxylation sites is 2. The van der Waals surface area contributed by atoms with Gasteiger partial charge in [-0.05, 0) is 29.8 Å². The molecule has 0 radical (unpaired) electrons. The van der Waals surface area contributed by atoms with E-state index in [9.17, 15) is 22.4 Å². The lowest BCUT2D eigenvalue weighted by Crippen LogP contribution is -2.44. The molecular weight excluding hydrogens is 459 g/mol. The van der Waals surface area contributed by atoms with Crippen LogP contribution in [0.2, 0.25) is 0 Å². The molecule has 3 aromatic rings. The number of carbonyl (C=O) groups is 2.